The molecule has 1 heterocycles. The van der Waals surface area contributed by atoms with E-state index in [1.807, 2.05) is 41.1 Å². The lowest BCUT2D eigenvalue weighted by Crippen LogP contribution is -2.17. The molecule has 0 spiro atoms. The van der Waals surface area contributed by atoms with Crippen LogP contribution >= 0.6 is 0 Å². The van der Waals surface area contributed by atoms with Crippen LogP contribution in [-0.4, -0.2) is 22.6 Å². The lowest BCUT2D eigenvalue weighted by Gasteiger charge is -2.23. The quantitative estimate of drug-likeness (QED) is 0.399. The lowest BCUT2D eigenvalue weighted by molar-refractivity contribution is -0.150. The van der Waals surface area contributed by atoms with Crippen molar-refractivity contribution in [3.05, 3.63) is 60.7 Å². The van der Waals surface area contributed by atoms with E-state index in [4.69, 9.17) is 9.47 Å². The number of ether oxygens (including phenoxy) is 2. The van der Waals surface area contributed by atoms with Gasteiger partial charge in [-0.1, -0.05) is 50.1 Å². The maximum absolute atomic E-state index is 12.5. The topological polar surface area (TPSA) is 53.4 Å². The van der Waals surface area contributed by atoms with Gasteiger partial charge in [0.25, 0.3) is 0 Å². The van der Waals surface area contributed by atoms with Crippen LogP contribution in [0.25, 0.3) is 10.8 Å². The molecule has 2 aromatic carbocycles. The Balaban J connectivity index is 1.96. The minimum absolute atomic E-state index is 0.177. The average molecular weight is 366 g/mol. The fraction of sp³-hybridized carbons (Fsp3) is 0.364. The highest BCUT2D eigenvalue weighted by atomic mass is 16.5. The molecule has 3 rings (SSSR count). The van der Waals surface area contributed by atoms with Crippen molar-refractivity contribution in [3.63, 3.8) is 0 Å². The maximum atomic E-state index is 12.5. The van der Waals surface area contributed by atoms with Crippen LogP contribution in [-0.2, 0) is 16.1 Å². The third-order valence-corrected chi connectivity index (χ3v) is 4.67. The molecular formula is C22H26N2O3. The van der Waals surface area contributed by atoms with Crippen molar-refractivity contribution in [2.24, 2.45) is 0 Å². The van der Waals surface area contributed by atoms with Crippen LogP contribution in [0.5, 0.6) is 5.75 Å². The zero-order chi connectivity index (χ0) is 19.1. The molecule has 0 fully saturated rings. The summed E-state index contributed by atoms with van der Waals surface area (Å²) in [5, 5.41) is 2.12. The smallest absolute Gasteiger partial charge is 0.306 e. The number of fused-ring (bicyclic) bond motifs is 1. The van der Waals surface area contributed by atoms with Crippen LogP contribution in [0, 0.1) is 0 Å². The summed E-state index contributed by atoms with van der Waals surface area (Å²) in [6.45, 7) is 2.61. The molecule has 5 heteroatoms. The maximum Gasteiger partial charge on any atom is 0.306 e. The second kappa shape index (κ2) is 9.21. The number of rotatable bonds is 9. The number of unbranched alkanes of at least 4 members (excludes halogenated alkanes) is 2. The van der Waals surface area contributed by atoms with Gasteiger partial charge in [0.05, 0.1) is 20.0 Å². The molecule has 0 N–H and O–H groups in total. The Morgan fingerprint density at radius 2 is 2.04 bits per heavy atom. The average Bonchev–Trinajstić information content (AvgIpc) is 3.20. The summed E-state index contributed by atoms with van der Waals surface area (Å²) >= 11 is 0. The molecule has 0 aliphatic carbocycles. The van der Waals surface area contributed by atoms with E-state index < -0.39 is 6.10 Å². The normalized spacial score (nSPS) is 12.1. The molecule has 0 aliphatic rings. The van der Waals surface area contributed by atoms with Gasteiger partial charge in [-0.25, -0.2) is 4.98 Å². The number of benzene rings is 2. The molecule has 0 radical (unpaired) electrons. The van der Waals surface area contributed by atoms with E-state index in [0.29, 0.717) is 13.0 Å². The number of hydrogen-bond acceptors (Lipinski definition) is 4. The number of carbonyl (C=O) groups excluding carboxylic acids is 1. The van der Waals surface area contributed by atoms with Gasteiger partial charge in [-0.2, -0.15) is 0 Å². The van der Waals surface area contributed by atoms with Gasteiger partial charge in [0.2, 0.25) is 0 Å². The molecule has 3 aromatic rings. The minimum Gasteiger partial charge on any atom is -0.496 e. The molecule has 0 bridgehead atoms. The highest BCUT2D eigenvalue weighted by molar-refractivity contribution is 5.88. The van der Waals surface area contributed by atoms with Crippen LogP contribution < -0.4 is 4.74 Å². The van der Waals surface area contributed by atoms with Gasteiger partial charge in [0, 0.05) is 24.4 Å². The number of hydrogen-bond donors (Lipinski definition) is 0. The molecule has 1 unspecified atom stereocenters. The molecule has 142 valence electrons. The van der Waals surface area contributed by atoms with Crippen LogP contribution in [0.3, 0.4) is 0 Å². The largest absolute Gasteiger partial charge is 0.496 e. The molecule has 1 atom stereocenters. The predicted octanol–water partition coefficient (Wildman–Crippen LogP) is 4.91. The Labute approximate surface area is 159 Å². The molecule has 27 heavy (non-hydrogen) atoms. The molecule has 5 nitrogen and oxygen atoms in total. The first kappa shape index (κ1) is 19.0. The van der Waals surface area contributed by atoms with Crippen molar-refractivity contribution in [3.8, 4) is 5.75 Å². The zero-order valence-electron chi connectivity index (χ0n) is 15.9. The molecular weight excluding hydrogens is 340 g/mol. The molecule has 1 aromatic heterocycles. The second-order valence-corrected chi connectivity index (χ2v) is 6.60. The first-order valence-corrected chi connectivity index (χ1v) is 9.43. The summed E-state index contributed by atoms with van der Waals surface area (Å²) in [6, 6.07) is 12.0. The van der Waals surface area contributed by atoms with E-state index in [1.165, 1.54) is 0 Å². The van der Waals surface area contributed by atoms with Gasteiger partial charge in [-0.05, 0) is 23.3 Å². The number of methoxy groups -OCH3 is 1. The zero-order valence-corrected chi connectivity index (χ0v) is 15.9. The van der Waals surface area contributed by atoms with E-state index in [9.17, 15) is 4.79 Å². The Bertz CT molecular complexity index is 874. The van der Waals surface area contributed by atoms with E-state index in [1.54, 1.807) is 19.6 Å². The second-order valence-electron chi connectivity index (χ2n) is 6.60. The Morgan fingerprint density at radius 1 is 1.19 bits per heavy atom. The Hall–Kier alpha value is -2.82. The third kappa shape index (κ3) is 4.67. The Morgan fingerprint density at radius 3 is 2.78 bits per heavy atom. The number of aromatic nitrogens is 2. The van der Waals surface area contributed by atoms with Crippen molar-refractivity contribution in [1.82, 2.24) is 9.55 Å². The molecule has 0 amide bonds. The minimum atomic E-state index is -0.450. The van der Waals surface area contributed by atoms with Crippen molar-refractivity contribution in [2.45, 2.75) is 45.3 Å². The standard InChI is InChI=1S/C22H26N2O3/c1-3-4-5-10-21(25)27-20(15-24-14-13-23-16-24)22-18-9-7-6-8-17(18)11-12-19(22)26-2/h6-9,11-14,16,20H,3-5,10,15H2,1-2H3. The van der Waals surface area contributed by atoms with Crippen LogP contribution in [0.4, 0.5) is 0 Å². The van der Waals surface area contributed by atoms with E-state index in [-0.39, 0.29) is 5.97 Å². The first-order valence-electron chi connectivity index (χ1n) is 9.43. The number of imidazole rings is 1. The molecule has 0 saturated carbocycles. The van der Waals surface area contributed by atoms with Gasteiger partial charge in [0.15, 0.2) is 0 Å². The highest BCUT2D eigenvalue weighted by Gasteiger charge is 2.23. The number of carbonyl (C=O) groups is 1. The van der Waals surface area contributed by atoms with E-state index >= 15 is 0 Å². The number of nitrogens with zero attached hydrogens (tertiary/aromatic N) is 2. The SMILES string of the molecule is CCCCCC(=O)OC(Cn1ccnc1)c1c(OC)ccc2ccccc12. The predicted molar refractivity (Wildman–Crippen MR) is 106 cm³/mol. The van der Waals surface area contributed by atoms with Crippen molar-refractivity contribution in [2.75, 3.05) is 7.11 Å². The number of esters is 1. The third-order valence-electron chi connectivity index (χ3n) is 4.67. The fourth-order valence-corrected chi connectivity index (χ4v) is 3.30. The molecule has 0 aliphatic heterocycles. The van der Waals surface area contributed by atoms with Gasteiger partial charge in [-0.3, -0.25) is 4.79 Å². The van der Waals surface area contributed by atoms with Gasteiger partial charge in [0.1, 0.15) is 11.9 Å². The van der Waals surface area contributed by atoms with Crippen LogP contribution in [0.1, 0.15) is 44.3 Å². The molecule has 0 saturated heterocycles. The first-order chi connectivity index (χ1) is 13.2. The summed E-state index contributed by atoms with van der Waals surface area (Å²) in [6.07, 6.45) is 8.25. The van der Waals surface area contributed by atoms with Crippen molar-refractivity contribution in [1.29, 1.82) is 0 Å². The van der Waals surface area contributed by atoms with Crippen molar-refractivity contribution >= 4 is 16.7 Å². The highest BCUT2D eigenvalue weighted by Crippen LogP contribution is 2.36. The summed E-state index contributed by atoms with van der Waals surface area (Å²) in [4.78, 5) is 16.6. The van der Waals surface area contributed by atoms with Crippen LogP contribution in [0.15, 0.2) is 55.1 Å². The lowest BCUT2D eigenvalue weighted by atomic mass is 9.98. The monoisotopic (exact) mass is 366 g/mol. The van der Waals surface area contributed by atoms with Gasteiger partial charge >= 0.3 is 5.97 Å². The van der Waals surface area contributed by atoms with E-state index in [0.717, 1.165) is 41.3 Å². The van der Waals surface area contributed by atoms with Gasteiger partial charge in [-0.15, -0.1) is 0 Å². The summed E-state index contributed by atoms with van der Waals surface area (Å²) in [5.74, 6) is 0.545. The summed E-state index contributed by atoms with van der Waals surface area (Å²) in [5.41, 5.74) is 0.896. The van der Waals surface area contributed by atoms with Gasteiger partial charge < -0.3 is 14.0 Å². The fourth-order valence-electron chi connectivity index (χ4n) is 3.30. The van der Waals surface area contributed by atoms with E-state index in [2.05, 4.69) is 18.0 Å². The summed E-state index contributed by atoms with van der Waals surface area (Å²) < 4.78 is 13.5. The van der Waals surface area contributed by atoms with Crippen molar-refractivity contribution < 1.29 is 14.3 Å². The Kier molecular flexibility index (Phi) is 6.47. The van der Waals surface area contributed by atoms with Crippen LogP contribution in [0.2, 0.25) is 0 Å². The summed E-state index contributed by atoms with van der Waals surface area (Å²) in [7, 11) is 1.64.